The molecule has 0 aliphatic heterocycles. The van der Waals surface area contributed by atoms with Gasteiger partial charge in [0.1, 0.15) is 6.10 Å². The highest BCUT2D eigenvalue weighted by atomic mass is 127. The first kappa shape index (κ1) is 19.2. The minimum absolute atomic E-state index is 0.0420. The van der Waals surface area contributed by atoms with Gasteiger partial charge in [-0.3, -0.25) is 9.69 Å². The first-order valence-electron chi connectivity index (χ1n) is 8.19. The monoisotopic (exact) mass is 409 g/mol. The Kier molecular flexibility index (Phi) is 7.44. The van der Waals surface area contributed by atoms with Gasteiger partial charge in [0.2, 0.25) is 0 Å². The maximum atomic E-state index is 12.0. The predicted octanol–water partition coefficient (Wildman–Crippen LogP) is 3.99. The number of alkyl halides is 1. The number of carbonyl (C=O) groups is 1. The molecule has 0 aromatic carbocycles. The van der Waals surface area contributed by atoms with Gasteiger partial charge >= 0.3 is 5.97 Å². The molecule has 0 unspecified atom stereocenters. The molecule has 3 rings (SSSR count). The van der Waals surface area contributed by atoms with Crippen molar-refractivity contribution in [1.82, 2.24) is 4.90 Å². The fourth-order valence-corrected chi connectivity index (χ4v) is 4.09. The van der Waals surface area contributed by atoms with Gasteiger partial charge in [-0.1, -0.05) is 57.2 Å². The summed E-state index contributed by atoms with van der Waals surface area (Å²) >= 11 is 2.15. The molecule has 3 aliphatic carbocycles. The Hall–Kier alpha value is 0.160. The minimum Gasteiger partial charge on any atom is -0.461 e. The van der Waals surface area contributed by atoms with Crippen molar-refractivity contribution in [2.24, 2.45) is 23.2 Å². The molecule has 3 saturated carbocycles. The van der Waals surface area contributed by atoms with E-state index in [0.717, 1.165) is 31.3 Å². The Morgan fingerprint density at radius 3 is 2.24 bits per heavy atom. The highest BCUT2D eigenvalue weighted by molar-refractivity contribution is 14.1. The number of rotatable bonds is 5. The van der Waals surface area contributed by atoms with Crippen LogP contribution < -0.4 is 0 Å². The first-order valence-corrected chi connectivity index (χ1v) is 10.4. The average Bonchev–Trinajstić information content (AvgIpc) is 2.48. The molecule has 3 aliphatic rings. The topological polar surface area (TPSA) is 29.5 Å². The van der Waals surface area contributed by atoms with E-state index in [1.807, 2.05) is 4.93 Å². The van der Waals surface area contributed by atoms with Crippen molar-refractivity contribution in [1.29, 1.82) is 0 Å². The van der Waals surface area contributed by atoms with E-state index in [0.29, 0.717) is 17.9 Å². The molecule has 4 heteroatoms. The van der Waals surface area contributed by atoms with Crippen molar-refractivity contribution in [2.75, 3.05) is 24.6 Å². The van der Waals surface area contributed by atoms with Crippen LogP contribution in [-0.2, 0) is 9.53 Å². The van der Waals surface area contributed by atoms with Crippen LogP contribution in [0.1, 0.15) is 47.5 Å². The second-order valence-electron chi connectivity index (χ2n) is 6.95. The van der Waals surface area contributed by atoms with Gasteiger partial charge in [-0.2, -0.15) is 0 Å². The predicted molar refractivity (Wildman–Crippen MR) is 96.8 cm³/mol. The molecule has 0 N–H and O–H groups in total. The van der Waals surface area contributed by atoms with Crippen LogP contribution in [0.25, 0.3) is 0 Å². The smallest absolute Gasteiger partial charge is 0.320 e. The molecule has 2 bridgehead atoms. The summed E-state index contributed by atoms with van der Waals surface area (Å²) in [5.41, 5.74) is 0.460. The number of halogens is 1. The number of fused-ring (bicyclic) bond motifs is 2. The molecule has 3 fully saturated rings. The number of carbonyl (C=O) groups excluding carboxylic acids is 1. The van der Waals surface area contributed by atoms with Crippen LogP contribution in [0.2, 0.25) is 0 Å². The Morgan fingerprint density at radius 2 is 1.81 bits per heavy atom. The molecular formula is C17H32INO2. The lowest BCUT2D eigenvalue weighted by atomic mass is 9.45. The number of hydrogen-bond donors (Lipinski definition) is 0. The molecule has 124 valence electrons. The second kappa shape index (κ2) is 8.14. The summed E-state index contributed by atoms with van der Waals surface area (Å²) < 4.78 is 5.75. The standard InChI is InChI=1S/C16H29NO2.CH3I/c1-6-17(7-2)10-15(18)19-14-9-12-8-13(11(14)3)16(12,4)5;1-2/h11-14H,6-10H2,1-5H3;1H3/t11-,12+,13-,14-;/m1./s1. The van der Waals surface area contributed by atoms with Gasteiger partial charge in [-0.25, -0.2) is 0 Å². The lowest BCUT2D eigenvalue weighted by Crippen LogP contribution is -2.57. The summed E-state index contributed by atoms with van der Waals surface area (Å²) in [6.45, 7) is 13.4. The van der Waals surface area contributed by atoms with Crippen LogP contribution in [0.3, 0.4) is 0 Å². The number of hydrogen-bond acceptors (Lipinski definition) is 3. The van der Waals surface area contributed by atoms with Gasteiger partial charge < -0.3 is 4.74 Å². The molecule has 0 radical (unpaired) electrons. The lowest BCUT2D eigenvalue weighted by molar-refractivity contribution is -0.186. The van der Waals surface area contributed by atoms with E-state index >= 15 is 0 Å². The third-order valence-corrected chi connectivity index (χ3v) is 5.81. The summed E-state index contributed by atoms with van der Waals surface area (Å²) in [6, 6.07) is 0. The Bertz CT molecular complexity index is 342. The molecule has 0 heterocycles. The number of ether oxygens (including phenoxy) is 1. The fourth-order valence-electron chi connectivity index (χ4n) is 4.09. The van der Waals surface area contributed by atoms with E-state index in [2.05, 4.69) is 62.1 Å². The van der Waals surface area contributed by atoms with Gasteiger partial charge in [0.15, 0.2) is 0 Å². The first-order chi connectivity index (χ1) is 9.90. The quantitative estimate of drug-likeness (QED) is 0.391. The highest BCUT2D eigenvalue weighted by Crippen LogP contribution is 2.61. The minimum atomic E-state index is -0.0420. The third-order valence-electron chi connectivity index (χ3n) is 5.81. The molecular weight excluding hydrogens is 377 g/mol. The van der Waals surface area contributed by atoms with Crippen LogP contribution in [0.15, 0.2) is 0 Å². The van der Waals surface area contributed by atoms with Gasteiger partial charge in [0, 0.05) is 0 Å². The molecule has 0 spiro atoms. The van der Waals surface area contributed by atoms with Crippen LogP contribution in [-0.4, -0.2) is 41.5 Å². The molecule has 0 saturated heterocycles. The summed E-state index contributed by atoms with van der Waals surface area (Å²) in [6.07, 6.45) is 2.55. The van der Waals surface area contributed by atoms with E-state index in [1.54, 1.807) is 0 Å². The van der Waals surface area contributed by atoms with E-state index in [9.17, 15) is 4.79 Å². The van der Waals surface area contributed by atoms with Crippen molar-refractivity contribution in [2.45, 2.75) is 53.6 Å². The molecule has 0 amide bonds. The second-order valence-corrected chi connectivity index (χ2v) is 6.95. The highest BCUT2D eigenvalue weighted by Gasteiger charge is 2.57. The Morgan fingerprint density at radius 1 is 1.24 bits per heavy atom. The molecule has 3 nitrogen and oxygen atoms in total. The van der Waals surface area contributed by atoms with Gasteiger partial charge in [-0.15, -0.1) is 0 Å². The van der Waals surface area contributed by atoms with E-state index < -0.39 is 0 Å². The zero-order chi connectivity index (χ0) is 16.2. The van der Waals surface area contributed by atoms with Crippen LogP contribution in [0.4, 0.5) is 0 Å². The SMILES string of the molecule is CCN(CC)CC(=O)O[C@@H]1C[C@@H]2C[C@H]([C@H]1C)C2(C)C.CI. The van der Waals surface area contributed by atoms with Crippen LogP contribution in [0.5, 0.6) is 0 Å². The van der Waals surface area contributed by atoms with Crippen molar-refractivity contribution >= 4 is 28.6 Å². The zero-order valence-corrected chi connectivity index (χ0v) is 16.6. The van der Waals surface area contributed by atoms with E-state index in [4.69, 9.17) is 4.74 Å². The molecule has 0 aromatic rings. The number of likely N-dealkylation sites (N-methyl/N-ethyl adjacent to an activating group) is 1. The van der Waals surface area contributed by atoms with E-state index in [-0.39, 0.29) is 12.1 Å². The summed E-state index contributed by atoms with van der Waals surface area (Å²) in [5, 5.41) is 0. The normalized spacial score (nSPS) is 32.8. The van der Waals surface area contributed by atoms with Crippen LogP contribution >= 0.6 is 22.6 Å². The maximum absolute atomic E-state index is 12.0. The van der Waals surface area contributed by atoms with Crippen molar-refractivity contribution < 1.29 is 9.53 Å². The largest absolute Gasteiger partial charge is 0.461 e. The summed E-state index contributed by atoms with van der Waals surface area (Å²) in [7, 11) is 0. The van der Waals surface area contributed by atoms with Gasteiger partial charge in [-0.05, 0) is 54.0 Å². The van der Waals surface area contributed by atoms with Gasteiger partial charge in [0.05, 0.1) is 6.54 Å². The number of esters is 1. The Balaban J connectivity index is 0.00000106. The molecule has 21 heavy (non-hydrogen) atoms. The van der Waals surface area contributed by atoms with Crippen molar-refractivity contribution in [3.05, 3.63) is 0 Å². The van der Waals surface area contributed by atoms with E-state index in [1.165, 1.54) is 6.42 Å². The molecule has 4 atom stereocenters. The van der Waals surface area contributed by atoms with Crippen LogP contribution in [0, 0.1) is 23.2 Å². The zero-order valence-electron chi connectivity index (χ0n) is 14.5. The number of nitrogens with zero attached hydrogens (tertiary/aromatic N) is 1. The maximum Gasteiger partial charge on any atom is 0.320 e. The van der Waals surface area contributed by atoms with Crippen molar-refractivity contribution in [3.8, 4) is 0 Å². The lowest BCUT2D eigenvalue weighted by Gasteiger charge is -2.61. The Labute approximate surface area is 144 Å². The molecule has 0 aromatic heterocycles. The van der Waals surface area contributed by atoms with Gasteiger partial charge in [0.25, 0.3) is 0 Å². The average molecular weight is 409 g/mol. The van der Waals surface area contributed by atoms with Crippen molar-refractivity contribution in [3.63, 3.8) is 0 Å². The third kappa shape index (κ3) is 4.12. The fraction of sp³-hybridized carbons (Fsp3) is 0.941. The summed E-state index contributed by atoms with van der Waals surface area (Å²) in [4.78, 5) is 16.1. The summed E-state index contributed by atoms with van der Waals surface area (Å²) in [5.74, 6) is 1.96.